The predicted molar refractivity (Wildman–Crippen MR) is 359 cm³/mol. The average Bonchev–Trinajstić information content (AvgIpc) is 1.55. The van der Waals surface area contributed by atoms with Crippen LogP contribution >= 0.6 is 0 Å². The molecule has 0 aliphatic heterocycles. The van der Waals surface area contributed by atoms with Crippen molar-refractivity contribution in [1.29, 1.82) is 0 Å². The molecular formula is C79H45N7. The number of hydrogen-bond donors (Lipinski definition) is 0. The van der Waals surface area contributed by atoms with Crippen LogP contribution in [0, 0.1) is 6.57 Å². The molecule has 0 radical (unpaired) electrons. The monoisotopic (exact) mass is 1090 g/mol. The zero-order valence-electron chi connectivity index (χ0n) is 46.1. The molecule has 0 aliphatic carbocycles. The summed E-state index contributed by atoms with van der Waals surface area (Å²) in [5.74, 6) is 0. The maximum absolute atomic E-state index is 10.0. The lowest BCUT2D eigenvalue weighted by molar-refractivity contribution is 1.09. The Morgan fingerprint density at radius 3 is 0.895 bits per heavy atom. The SMILES string of the molecule is [C-]#[N+]c1c(-n2c3ccccc3c3ccccc32)c(-n2c3ccc(-n4c5ccccc5c5ccccc54)cc3c3cc(-n4c5ccccc5c5ccccc54)ccc32)c2c(c1-n1c3ccccc3c3ccccc31)c1cccc3c4ccccc4n2c31. The second-order valence-corrected chi connectivity index (χ2v) is 23.0. The van der Waals surface area contributed by atoms with Gasteiger partial charge >= 0.3 is 0 Å². The summed E-state index contributed by atoms with van der Waals surface area (Å²) in [6.07, 6.45) is 0. The highest BCUT2D eigenvalue weighted by atomic mass is 15.1. The van der Waals surface area contributed by atoms with Gasteiger partial charge in [-0.2, -0.15) is 0 Å². The number of hydrogen-bond acceptors (Lipinski definition) is 0. The van der Waals surface area contributed by atoms with Gasteiger partial charge in [0.1, 0.15) is 0 Å². The van der Waals surface area contributed by atoms with Crippen molar-refractivity contribution < 1.29 is 0 Å². The van der Waals surface area contributed by atoms with Crippen LogP contribution in [0.15, 0.2) is 273 Å². The fourth-order valence-corrected chi connectivity index (χ4v) is 15.6. The van der Waals surface area contributed by atoms with E-state index in [1.54, 1.807) is 0 Å². The van der Waals surface area contributed by atoms with Crippen LogP contribution in [0.1, 0.15) is 0 Å². The van der Waals surface area contributed by atoms with Gasteiger partial charge in [-0.25, -0.2) is 4.85 Å². The third-order valence-electron chi connectivity index (χ3n) is 18.9. The van der Waals surface area contributed by atoms with Crippen molar-refractivity contribution in [3.05, 3.63) is 284 Å². The molecule has 7 heterocycles. The van der Waals surface area contributed by atoms with E-state index >= 15 is 0 Å². The maximum Gasteiger partial charge on any atom is 0.236 e. The van der Waals surface area contributed by atoms with Gasteiger partial charge in [-0.15, -0.1) is 0 Å². The van der Waals surface area contributed by atoms with E-state index in [1.807, 2.05) is 0 Å². The molecule has 0 saturated carbocycles. The van der Waals surface area contributed by atoms with E-state index in [0.29, 0.717) is 5.69 Å². The van der Waals surface area contributed by atoms with Gasteiger partial charge in [0.15, 0.2) is 0 Å². The predicted octanol–water partition coefficient (Wildman–Crippen LogP) is 20.9. The van der Waals surface area contributed by atoms with Crippen LogP contribution < -0.4 is 0 Å². The first-order chi connectivity index (χ1) is 42.7. The molecule has 0 fully saturated rings. The van der Waals surface area contributed by atoms with Gasteiger partial charge < -0.3 is 27.2 Å². The number of benzene rings is 13. The third kappa shape index (κ3) is 5.70. The molecule has 7 aromatic heterocycles. The minimum atomic E-state index is 0.558. The Morgan fingerprint density at radius 2 is 0.512 bits per heavy atom. The van der Waals surface area contributed by atoms with E-state index in [-0.39, 0.29) is 0 Å². The van der Waals surface area contributed by atoms with E-state index in [4.69, 9.17) is 4.85 Å². The van der Waals surface area contributed by atoms with Gasteiger partial charge in [-0.3, -0.25) is 0 Å². The second-order valence-electron chi connectivity index (χ2n) is 23.0. The smallest absolute Gasteiger partial charge is 0.236 e. The summed E-state index contributed by atoms with van der Waals surface area (Å²) in [5.41, 5.74) is 19.3. The normalized spacial score (nSPS) is 12.4. The summed E-state index contributed by atoms with van der Waals surface area (Å²) in [6.45, 7) is 10.0. The van der Waals surface area contributed by atoms with E-state index < -0.39 is 0 Å². The van der Waals surface area contributed by atoms with Crippen LogP contribution in [-0.2, 0) is 0 Å². The topological polar surface area (TPSA) is 33.4 Å². The molecule has 7 heteroatoms. The Bertz CT molecular complexity index is 6030. The Labute approximate surface area is 490 Å². The highest BCUT2D eigenvalue weighted by Crippen LogP contribution is 2.54. The zero-order valence-corrected chi connectivity index (χ0v) is 46.1. The summed E-state index contributed by atoms with van der Waals surface area (Å²) in [7, 11) is 0. The lowest BCUT2D eigenvalue weighted by atomic mass is 10.0. The summed E-state index contributed by atoms with van der Waals surface area (Å²) >= 11 is 0. The number of aromatic nitrogens is 6. The summed E-state index contributed by atoms with van der Waals surface area (Å²) in [6, 6.07) is 99.9. The van der Waals surface area contributed by atoms with Crippen LogP contribution in [0.2, 0.25) is 0 Å². The first-order valence-electron chi connectivity index (χ1n) is 29.4. The first kappa shape index (κ1) is 45.7. The highest BCUT2D eigenvalue weighted by molar-refractivity contribution is 6.30. The van der Waals surface area contributed by atoms with Crippen LogP contribution in [-0.4, -0.2) is 27.2 Å². The quantitative estimate of drug-likeness (QED) is 0.154. The van der Waals surface area contributed by atoms with E-state index in [2.05, 4.69) is 300 Å². The summed E-state index contributed by atoms with van der Waals surface area (Å²) < 4.78 is 14.8. The maximum atomic E-state index is 10.0. The standard InChI is InChI=1S/C79H45N7/c1-80-74-76(83-66-36-15-6-25-53(66)54-26-7-16-37-67(54)83)73-59-31-20-30-58-57-29-10-19-40-70(57)86(75(58)59)77(73)79(78(74)84-68-38-17-8-27-55(68)56-28-9-18-39-69(56)84)85-71-43-41-47(81-62-32-11-2-21-49(62)50-22-3-12-33-63(50)81)45-60(71)61-46-48(42-44-72(61)85)82-64-34-13-4-23-51(64)52-24-5-14-35-65(52)82/h2-46H. The molecule has 0 bridgehead atoms. The van der Waals surface area contributed by atoms with Crippen molar-refractivity contribution >= 4 is 153 Å². The Hall–Kier alpha value is -11.9. The minimum Gasteiger partial charge on any atom is -0.318 e. The fraction of sp³-hybridized carbons (Fsp3) is 0. The molecule has 13 aromatic carbocycles. The Morgan fingerprint density at radius 1 is 0.221 bits per heavy atom. The van der Waals surface area contributed by atoms with Crippen LogP contribution in [0.5, 0.6) is 0 Å². The number of fused-ring (bicyclic) bond motifs is 21. The Kier molecular flexibility index (Phi) is 8.86. The van der Waals surface area contributed by atoms with Gasteiger partial charge in [-0.1, -0.05) is 182 Å². The van der Waals surface area contributed by atoms with Gasteiger partial charge in [0.05, 0.1) is 95.4 Å². The van der Waals surface area contributed by atoms with Crippen LogP contribution in [0.4, 0.5) is 5.69 Å². The molecule has 0 spiro atoms. The molecule has 0 N–H and O–H groups in total. The van der Waals surface area contributed by atoms with E-state index in [0.717, 1.165) is 143 Å². The van der Waals surface area contributed by atoms with Crippen molar-refractivity contribution in [2.75, 3.05) is 0 Å². The molecule has 20 rings (SSSR count). The summed E-state index contributed by atoms with van der Waals surface area (Å²) in [4.78, 5) is 4.98. The molecule has 396 valence electrons. The van der Waals surface area contributed by atoms with Gasteiger partial charge in [0.2, 0.25) is 5.69 Å². The molecule has 0 saturated heterocycles. The molecule has 0 atom stereocenters. The minimum absolute atomic E-state index is 0.558. The zero-order chi connectivity index (χ0) is 56.0. The molecule has 0 amide bonds. The molecular weight excluding hydrogens is 1050 g/mol. The molecule has 7 nitrogen and oxygen atoms in total. The Balaban J connectivity index is 1.05. The van der Waals surface area contributed by atoms with Crippen LogP contribution in [0.3, 0.4) is 0 Å². The van der Waals surface area contributed by atoms with Gasteiger partial charge in [-0.05, 0) is 91.0 Å². The van der Waals surface area contributed by atoms with Gasteiger partial charge in [0.25, 0.3) is 0 Å². The molecule has 0 unspecified atom stereocenters. The van der Waals surface area contributed by atoms with Crippen LogP contribution in [0.25, 0.3) is 180 Å². The first-order valence-corrected chi connectivity index (χ1v) is 29.4. The molecule has 0 aliphatic rings. The van der Waals surface area contributed by atoms with E-state index in [1.165, 1.54) is 32.3 Å². The average molecular weight is 1090 g/mol. The number of para-hydroxylation sites is 10. The number of nitrogens with zero attached hydrogens (tertiary/aromatic N) is 7. The lowest BCUT2D eigenvalue weighted by Crippen LogP contribution is -2.09. The molecule has 20 aromatic rings. The van der Waals surface area contributed by atoms with E-state index in [9.17, 15) is 6.57 Å². The fourth-order valence-electron chi connectivity index (χ4n) is 15.6. The van der Waals surface area contributed by atoms with Crippen molar-refractivity contribution in [2.45, 2.75) is 0 Å². The second kappa shape index (κ2) is 16.7. The third-order valence-corrected chi connectivity index (χ3v) is 18.9. The van der Waals surface area contributed by atoms with Crippen molar-refractivity contribution in [3.8, 4) is 28.4 Å². The van der Waals surface area contributed by atoms with Crippen molar-refractivity contribution in [1.82, 2.24) is 27.2 Å². The largest absolute Gasteiger partial charge is 0.318 e. The van der Waals surface area contributed by atoms with Crippen molar-refractivity contribution in [3.63, 3.8) is 0 Å². The molecule has 86 heavy (non-hydrogen) atoms. The lowest BCUT2D eigenvalue weighted by Gasteiger charge is -2.24. The highest BCUT2D eigenvalue weighted by Gasteiger charge is 2.34. The van der Waals surface area contributed by atoms with Crippen molar-refractivity contribution in [2.24, 2.45) is 0 Å². The van der Waals surface area contributed by atoms with Gasteiger partial charge in [0, 0.05) is 86.8 Å². The number of rotatable bonds is 5. The summed E-state index contributed by atoms with van der Waals surface area (Å²) in [5, 5.41) is 16.0.